The predicted molar refractivity (Wildman–Crippen MR) is 108 cm³/mol. The van der Waals surface area contributed by atoms with Crippen molar-refractivity contribution in [3.05, 3.63) is 40.2 Å². The minimum Gasteiger partial charge on any atom is -0.494 e. The molecule has 2 atom stereocenters. The molecule has 2 aliphatic rings. The number of nitrogens with zero attached hydrogens (tertiary/aromatic N) is 1. The summed E-state index contributed by atoms with van der Waals surface area (Å²) in [5.74, 6) is 2.25. The highest BCUT2D eigenvalue weighted by molar-refractivity contribution is 5.80. The first-order valence-electron chi connectivity index (χ1n) is 10.1. The molecule has 0 radical (unpaired) electrons. The number of benzene rings is 1. The molecule has 27 heavy (non-hydrogen) atoms. The van der Waals surface area contributed by atoms with Crippen molar-refractivity contribution in [2.75, 3.05) is 26.2 Å². The lowest BCUT2D eigenvalue weighted by atomic mass is 9.84. The second kappa shape index (κ2) is 8.00. The lowest BCUT2D eigenvalue weighted by molar-refractivity contribution is 0.146. The predicted octanol–water partition coefficient (Wildman–Crippen LogP) is 2.25. The van der Waals surface area contributed by atoms with Gasteiger partial charge in [-0.05, 0) is 69.0 Å². The van der Waals surface area contributed by atoms with E-state index in [9.17, 15) is 4.79 Å². The summed E-state index contributed by atoms with van der Waals surface area (Å²) < 4.78 is 5.59. The Labute approximate surface area is 160 Å². The fraction of sp³-hybridized carbons (Fsp3) is 0.571. The normalized spacial score (nSPS) is 24.5. The van der Waals surface area contributed by atoms with Gasteiger partial charge in [0.25, 0.3) is 5.56 Å². The number of aromatic amines is 1. The van der Waals surface area contributed by atoms with Crippen LogP contribution in [0.5, 0.6) is 5.75 Å². The number of hydrogen-bond donors (Lipinski definition) is 3. The van der Waals surface area contributed by atoms with Crippen molar-refractivity contribution in [2.45, 2.75) is 39.3 Å². The van der Waals surface area contributed by atoms with E-state index in [1.165, 1.54) is 12.8 Å². The first kappa shape index (κ1) is 18.5. The Kier molecular flexibility index (Phi) is 5.48. The van der Waals surface area contributed by atoms with E-state index in [0.29, 0.717) is 25.1 Å². The monoisotopic (exact) mass is 370 g/mol. The lowest BCUT2D eigenvalue weighted by Gasteiger charge is -2.35. The average Bonchev–Trinajstić information content (AvgIpc) is 3.09. The van der Waals surface area contributed by atoms with Gasteiger partial charge in [0.05, 0.1) is 6.61 Å². The van der Waals surface area contributed by atoms with Gasteiger partial charge >= 0.3 is 0 Å². The van der Waals surface area contributed by atoms with Gasteiger partial charge in [-0.2, -0.15) is 0 Å². The van der Waals surface area contributed by atoms with Crippen LogP contribution in [0.4, 0.5) is 0 Å². The van der Waals surface area contributed by atoms with E-state index < -0.39 is 0 Å². The first-order valence-corrected chi connectivity index (χ1v) is 10.1. The van der Waals surface area contributed by atoms with Gasteiger partial charge in [0.2, 0.25) is 0 Å². The van der Waals surface area contributed by atoms with E-state index in [-0.39, 0.29) is 5.56 Å². The largest absolute Gasteiger partial charge is 0.494 e. The van der Waals surface area contributed by atoms with Crippen LogP contribution in [0, 0.1) is 11.8 Å². The van der Waals surface area contributed by atoms with Crippen LogP contribution in [0.1, 0.15) is 32.3 Å². The van der Waals surface area contributed by atoms with E-state index in [1.54, 1.807) is 0 Å². The molecule has 6 nitrogen and oxygen atoms in total. The SMILES string of the molecule is CCOc1ccc2[nH]c(=O)c(CN3CCC(C4NNCC4C)CC3)cc2c1. The molecule has 3 N–H and O–H groups in total. The third-order valence-electron chi connectivity index (χ3n) is 6.04. The van der Waals surface area contributed by atoms with Crippen LogP contribution >= 0.6 is 0 Å². The highest BCUT2D eigenvalue weighted by atomic mass is 16.5. The standard InChI is InChI=1S/C21H30N4O2/c1-3-27-18-4-5-19-16(11-18)10-17(21(26)23-19)13-25-8-6-15(7-9-25)20-14(2)12-22-24-20/h4-5,10-11,14-15,20,22,24H,3,6-9,12-13H2,1-2H3,(H,23,26). The van der Waals surface area contributed by atoms with Gasteiger partial charge in [-0.1, -0.05) is 6.92 Å². The van der Waals surface area contributed by atoms with Crippen LogP contribution in [0.25, 0.3) is 10.9 Å². The topological polar surface area (TPSA) is 69.4 Å². The van der Waals surface area contributed by atoms with Crippen LogP contribution in [-0.2, 0) is 6.54 Å². The summed E-state index contributed by atoms with van der Waals surface area (Å²) in [6.45, 7) is 8.79. The molecule has 6 heteroatoms. The summed E-state index contributed by atoms with van der Waals surface area (Å²) >= 11 is 0. The number of rotatable bonds is 5. The fourth-order valence-corrected chi connectivity index (χ4v) is 4.50. The molecule has 146 valence electrons. The van der Waals surface area contributed by atoms with Crippen LogP contribution in [0.2, 0.25) is 0 Å². The summed E-state index contributed by atoms with van der Waals surface area (Å²) in [6.07, 6.45) is 2.37. The van der Waals surface area contributed by atoms with Crippen LogP contribution in [-0.4, -0.2) is 42.2 Å². The van der Waals surface area contributed by atoms with Gasteiger partial charge in [-0.25, -0.2) is 0 Å². The molecule has 2 aliphatic heterocycles. The zero-order valence-corrected chi connectivity index (χ0v) is 16.3. The third kappa shape index (κ3) is 4.03. The first-order chi connectivity index (χ1) is 13.1. The molecule has 2 fully saturated rings. The fourth-order valence-electron chi connectivity index (χ4n) is 4.50. The quantitative estimate of drug-likeness (QED) is 0.753. The van der Waals surface area contributed by atoms with Crippen LogP contribution < -0.4 is 21.1 Å². The summed E-state index contributed by atoms with van der Waals surface area (Å²) in [4.78, 5) is 17.9. The number of ether oxygens (including phenoxy) is 1. The van der Waals surface area contributed by atoms with Gasteiger partial charge in [-0.15, -0.1) is 0 Å². The molecular formula is C21H30N4O2. The van der Waals surface area contributed by atoms with Crippen molar-refractivity contribution in [2.24, 2.45) is 11.8 Å². The Morgan fingerprint density at radius 2 is 2.04 bits per heavy atom. The molecule has 2 aromatic rings. The number of H-pyrrole nitrogens is 1. The van der Waals surface area contributed by atoms with E-state index in [0.717, 1.165) is 47.8 Å². The maximum absolute atomic E-state index is 12.5. The van der Waals surface area contributed by atoms with E-state index in [1.807, 2.05) is 31.2 Å². The number of likely N-dealkylation sites (tertiary alicyclic amines) is 1. The zero-order chi connectivity index (χ0) is 18.8. The Bertz CT molecular complexity index is 842. The molecule has 4 rings (SSSR count). The van der Waals surface area contributed by atoms with Crippen molar-refractivity contribution in [3.63, 3.8) is 0 Å². The van der Waals surface area contributed by atoms with Crippen molar-refractivity contribution in [1.29, 1.82) is 0 Å². The number of nitrogens with one attached hydrogen (secondary N) is 3. The van der Waals surface area contributed by atoms with Gasteiger partial charge in [0.15, 0.2) is 0 Å². The second-order valence-electron chi connectivity index (χ2n) is 7.95. The third-order valence-corrected chi connectivity index (χ3v) is 6.04. The van der Waals surface area contributed by atoms with Crippen molar-refractivity contribution >= 4 is 10.9 Å². The van der Waals surface area contributed by atoms with Crippen LogP contribution in [0.15, 0.2) is 29.1 Å². The Hall–Kier alpha value is -1.89. The highest BCUT2D eigenvalue weighted by Crippen LogP contribution is 2.27. The number of pyridine rings is 1. The van der Waals surface area contributed by atoms with Gasteiger partial charge in [0, 0.05) is 35.6 Å². The van der Waals surface area contributed by atoms with Gasteiger partial charge in [-0.3, -0.25) is 20.5 Å². The number of fused-ring (bicyclic) bond motifs is 1. The highest BCUT2D eigenvalue weighted by Gasteiger charge is 2.32. The zero-order valence-electron chi connectivity index (χ0n) is 16.3. The summed E-state index contributed by atoms with van der Waals surface area (Å²) in [6, 6.07) is 8.42. The maximum Gasteiger partial charge on any atom is 0.252 e. The van der Waals surface area contributed by atoms with E-state index >= 15 is 0 Å². The smallest absolute Gasteiger partial charge is 0.252 e. The number of piperidine rings is 1. The Morgan fingerprint density at radius 3 is 2.74 bits per heavy atom. The van der Waals surface area contributed by atoms with E-state index in [2.05, 4.69) is 27.7 Å². The molecular weight excluding hydrogens is 340 g/mol. The minimum atomic E-state index is 0.0177. The lowest BCUT2D eigenvalue weighted by Crippen LogP contribution is -2.44. The second-order valence-corrected chi connectivity index (χ2v) is 7.95. The molecule has 0 spiro atoms. The molecule has 0 bridgehead atoms. The molecule has 1 aromatic carbocycles. The summed E-state index contributed by atoms with van der Waals surface area (Å²) in [5, 5.41) is 1.03. The van der Waals surface area contributed by atoms with Gasteiger partial charge < -0.3 is 9.72 Å². The average molecular weight is 370 g/mol. The number of hydrogen-bond acceptors (Lipinski definition) is 5. The summed E-state index contributed by atoms with van der Waals surface area (Å²) in [7, 11) is 0. The Morgan fingerprint density at radius 1 is 1.22 bits per heavy atom. The Balaban J connectivity index is 1.44. The van der Waals surface area contributed by atoms with Crippen molar-refractivity contribution < 1.29 is 4.74 Å². The van der Waals surface area contributed by atoms with E-state index in [4.69, 9.17) is 4.74 Å². The number of aromatic nitrogens is 1. The molecule has 0 saturated carbocycles. The molecule has 0 amide bonds. The summed E-state index contributed by atoms with van der Waals surface area (Å²) in [5.41, 5.74) is 8.45. The van der Waals surface area contributed by atoms with Crippen molar-refractivity contribution in [1.82, 2.24) is 20.7 Å². The molecule has 2 saturated heterocycles. The van der Waals surface area contributed by atoms with Crippen LogP contribution in [0.3, 0.4) is 0 Å². The van der Waals surface area contributed by atoms with Crippen molar-refractivity contribution in [3.8, 4) is 5.75 Å². The molecule has 0 aliphatic carbocycles. The molecule has 2 unspecified atom stereocenters. The molecule has 3 heterocycles. The van der Waals surface area contributed by atoms with Gasteiger partial charge in [0.1, 0.15) is 5.75 Å². The minimum absolute atomic E-state index is 0.0177. The molecule has 1 aromatic heterocycles. The maximum atomic E-state index is 12.5. The number of hydrazine groups is 1.